The number of benzene rings is 1. The normalized spacial score (nSPS) is 12.9. The summed E-state index contributed by atoms with van der Waals surface area (Å²) in [5, 5.41) is 11.9. The number of aliphatic hydroxyl groups is 1. The summed E-state index contributed by atoms with van der Waals surface area (Å²) in [6.45, 7) is 5.15. The van der Waals surface area contributed by atoms with Gasteiger partial charge in [-0.25, -0.2) is 4.79 Å². The lowest BCUT2D eigenvalue weighted by atomic mass is 10.1. The molecule has 0 bridgehead atoms. The number of nitrogens with one attached hydrogen (secondary N) is 1. The highest BCUT2D eigenvalue weighted by Crippen LogP contribution is 2.25. The Morgan fingerprint density at radius 2 is 2.16 bits per heavy atom. The molecule has 5 nitrogen and oxygen atoms in total. The van der Waals surface area contributed by atoms with E-state index >= 15 is 0 Å². The van der Waals surface area contributed by atoms with Gasteiger partial charge in [0.2, 0.25) is 0 Å². The van der Waals surface area contributed by atoms with Crippen molar-refractivity contribution in [2.24, 2.45) is 5.73 Å². The van der Waals surface area contributed by atoms with Gasteiger partial charge in [-0.05, 0) is 38.5 Å². The van der Waals surface area contributed by atoms with Crippen molar-refractivity contribution in [3.63, 3.8) is 0 Å². The number of amides is 1. The molecule has 0 fully saturated rings. The number of carbonyl (C=O) groups excluding carboxylic acids is 1. The summed E-state index contributed by atoms with van der Waals surface area (Å²) < 4.78 is 5.12. The highest BCUT2D eigenvalue weighted by molar-refractivity contribution is 6.33. The van der Waals surface area contributed by atoms with E-state index in [2.05, 4.69) is 5.32 Å². The van der Waals surface area contributed by atoms with Crippen LogP contribution in [0, 0.1) is 0 Å². The molecule has 0 spiro atoms. The molecule has 0 saturated heterocycles. The fourth-order valence-corrected chi connectivity index (χ4v) is 1.62. The zero-order valence-corrected chi connectivity index (χ0v) is 12.0. The lowest BCUT2D eigenvalue weighted by Gasteiger charge is -2.20. The summed E-state index contributed by atoms with van der Waals surface area (Å²) in [7, 11) is 0. The number of hydrogen-bond donors (Lipinski definition) is 3. The maximum Gasteiger partial charge on any atom is 0.412 e. The van der Waals surface area contributed by atoms with Gasteiger partial charge in [-0.1, -0.05) is 17.7 Å². The number of halogens is 1. The minimum atomic E-state index is -0.575. The third-order valence-corrected chi connectivity index (χ3v) is 2.57. The first-order valence-electron chi connectivity index (χ1n) is 5.89. The first-order chi connectivity index (χ1) is 8.73. The van der Waals surface area contributed by atoms with Gasteiger partial charge < -0.3 is 15.6 Å². The molecule has 1 atom stereocenters. The number of ether oxygens (including phenoxy) is 1. The van der Waals surface area contributed by atoms with E-state index < -0.39 is 17.7 Å². The van der Waals surface area contributed by atoms with Gasteiger partial charge in [-0.15, -0.1) is 0 Å². The van der Waals surface area contributed by atoms with Crippen molar-refractivity contribution in [3.05, 3.63) is 28.8 Å². The Hall–Kier alpha value is -1.30. The molecule has 106 valence electrons. The quantitative estimate of drug-likeness (QED) is 0.797. The molecule has 19 heavy (non-hydrogen) atoms. The van der Waals surface area contributed by atoms with Crippen LogP contribution in [0.3, 0.4) is 0 Å². The molecule has 1 aromatic carbocycles. The fraction of sp³-hybridized carbons (Fsp3) is 0.462. The molecular formula is C13H19ClN2O3. The van der Waals surface area contributed by atoms with Crippen LogP contribution in [-0.4, -0.2) is 23.4 Å². The Morgan fingerprint density at radius 3 is 2.63 bits per heavy atom. The average molecular weight is 287 g/mol. The number of hydrogen-bond acceptors (Lipinski definition) is 4. The Bertz CT molecular complexity index is 458. The molecule has 0 radical (unpaired) electrons. The maximum absolute atomic E-state index is 11.6. The van der Waals surface area contributed by atoms with Gasteiger partial charge in [0, 0.05) is 0 Å². The fourth-order valence-electron chi connectivity index (χ4n) is 1.38. The van der Waals surface area contributed by atoms with E-state index in [4.69, 9.17) is 27.2 Å². The molecule has 1 aromatic rings. The molecule has 0 aliphatic rings. The standard InChI is InChI=1S/C13H19ClN2O3/c1-13(2,3)19-12(18)16-11-5-4-8(6-9(11)14)10(15)7-17/h4-6,10,17H,7,15H2,1-3H3,(H,16,18)/t10-/m1/s1. The van der Waals surface area contributed by atoms with Gasteiger partial charge in [0.15, 0.2) is 0 Å². The topological polar surface area (TPSA) is 84.6 Å². The van der Waals surface area contributed by atoms with Crippen molar-refractivity contribution in [2.75, 3.05) is 11.9 Å². The number of aliphatic hydroxyl groups excluding tert-OH is 1. The van der Waals surface area contributed by atoms with Gasteiger partial charge in [-0.3, -0.25) is 5.32 Å². The summed E-state index contributed by atoms with van der Waals surface area (Å²) >= 11 is 6.04. The van der Waals surface area contributed by atoms with E-state index in [0.29, 0.717) is 16.3 Å². The predicted octanol–water partition coefficient (Wildman–Crippen LogP) is 2.68. The van der Waals surface area contributed by atoms with Crippen LogP contribution >= 0.6 is 11.6 Å². The van der Waals surface area contributed by atoms with E-state index in [1.54, 1.807) is 39.0 Å². The van der Waals surface area contributed by atoms with E-state index in [1.165, 1.54) is 0 Å². The van der Waals surface area contributed by atoms with E-state index in [9.17, 15) is 4.79 Å². The monoisotopic (exact) mass is 286 g/mol. The van der Waals surface area contributed by atoms with Crippen LogP contribution in [0.5, 0.6) is 0 Å². The highest BCUT2D eigenvalue weighted by Gasteiger charge is 2.17. The van der Waals surface area contributed by atoms with Gasteiger partial charge in [0.05, 0.1) is 23.4 Å². The lowest BCUT2D eigenvalue weighted by Crippen LogP contribution is -2.27. The van der Waals surface area contributed by atoms with E-state index in [0.717, 1.165) is 0 Å². The SMILES string of the molecule is CC(C)(C)OC(=O)Nc1ccc([C@H](N)CO)cc1Cl. The molecule has 0 heterocycles. The summed E-state index contributed by atoms with van der Waals surface area (Å²) in [6.07, 6.45) is -0.575. The third-order valence-electron chi connectivity index (χ3n) is 2.25. The van der Waals surface area contributed by atoms with Crippen molar-refractivity contribution >= 4 is 23.4 Å². The summed E-state index contributed by atoms with van der Waals surface area (Å²) in [5.41, 5.74) is 6.23. The lowest BCUT2D eigenvalue weighted by molar-refractivity contribution is 0.0636. The van der Waals surface area contributed by atoms with Crippen molar-refractivity contribution in [1.29, 1.82) is 0 Å². The Balaban J connectivity index is 2.78. The number of nitrogens with two attached hydrogens (primary N) is 1. The van der Waals surface area contributed by atoms with E-state index in [1.807, 2.05) is 0 Å². The maximum atomic E-state index is 11.6. The van der Waals surface area contributed by atoms with Crippen molar-refractivity contribution in [1.82, 2.24) is 0 Å². The van der Waals surface area contributed by atoms with Gasteiger partial charge in [0.1, 0.15) is 5.60 Å². The average Bonchev–Trinajstić information content (AvgIpc) is 2.28. The van der Waals surface area contributed by atoms with Crippen LogP contribution in [0.25, 0.3) is 0 Å². The van der Waals surface area contributed by atoms with Gasteiger partial charge in [0.25, 0.3) is 0 Å². The molecular weight excluding hydrogens is 268 g/mol. The number of rotatable bonds is 3. The second kappa shape index (κ2) is 6.23. The smallest absolute Gasteiger partial charge is 0.412 e. The van der Waals surface area contributed by atoms with E-state index in [-0.39, 0.29) is 6.61 Å². The number of anilines is 1. The molecule has 0 saturated carbocycles. The second-order valence-corrected chi connectivity index (χ2v) is 5.56. The molecule has 0 aliphatic heterocycles. The summed E-state index contributed by atoms with van der Waals surface area (Å²) in [4.78, 5) is 11.6. The predicted molar refractivity (Wildman–Crippen MR) is 75.3 cm³/mol. The van der Waals surface area contributed by atoms with Crippen LogP contribution in [0.4, 0.5) is 10.5 Å². The van der Waals surface area contributed by atoms with Gasteiger partial charge >= 0.3 is 6.09 Å². The van der Waals surface area contributed by atoms with Crippen molar-refractivity contribution in [2.45, 2.75) is 32.4 Å². The first-order valence-corrected chi connectivity index (χ1v) is 6.26. The van der Waals surface area contributed by atoms with Gasteiger partial charge in [-0.2, -0.15) is 0 Å². The molecule has 0 unspecified atom stereocenters. The summed E-state index contributed by atoms with van der Waals surface area (Å²) in [5.74, 6) is 0. The molecule has 1 rings (SSSR count). The molecule has 6 heteroatoms. The van der Waals surface area contributed by atoms with Crippen LogP contribution < -0.4 is 11.1 Å². The molecule has 4 N–H and O–H groups in total. The molecule has 0 aliphatic carbocycles. The highest BCUT2D eigenvalue weighted by atomic mass is 35.5. The van der Waals surface area contributed by atoms with Crippen LogP contribution in [0.1, 0.15) is 32.4 Å². The molecule has 1 amide bonds. The zero-order valence-electron chi connectivity index (χ0n) is 11.2. The van der Waals surface area contributed by atoms with Crippen LogP contribution in [0.2, 0.25) is 5.02 Å². The molecule has 0 aromatic heterocycles. The first kappa shape index (κ1) is 15.8. The van der Waals surface area contributed by atoms with Crippen molar-refractivity contribution < 1.29 is 14.6 Å². The van der Waals surface area contributed by atoms with Crippen molar-refractivity contribution in [3.8, 4) is 0 Å². The van der Waals surface area contributed by atoms with Crippen LogP contribution in [-0.2, 0) is 4.74 Å². The Labute approximate surface area is 117 Å². The Kier molecular flexibility index (Phi) is 5.17. The van der Waals surface area contributed by atoms with Crippen LogP contribution in [0.15, 0.2) is 18.2 Å². The largest absolute Gasteiger partial charge is 0.444 e. The number of carbonyl (C=O) groups is 1. The zero-order chi connectivity index (χ0) is 14.6. The minimum absolute atomic E-state index is 0.171. The second-order valence-electron chi connectivity index (χ2n) is 5.16. The summed E-state index contributed by atoms with van der Waals surface area (Å²) in [6, 6.07) is 4.43. The minimum Gasteiger partial charge on any atom is -0.444 e. The third kappa shape index (κ3) is 5.06. The Morgan fingerprint density at radius 1 is 1.53 bits per heavy atom.